The number of amides is 11. The molecular weight excluding hydrogens is 1250 g/mol. The third-order valence-electron chi connectivity index (χ3n) is 15.9. The summed E-state index contributed by atoms with van der Waals surface area (Å²) >= 11 is 0. The number of hydrogen-bond donors (Lipinski definition) is 20. The van der Waals surface area contributed by atoms with Crippen molar-refractivity contribution in [2.75, 3.05) is 66.5 Å². The molecule has 96 heavy (non-hydrogen) atoms. The number of carboxylic acid groups (broad SMARTS) is 1. The Labute approximate surface area is 562 Å². The standard InChI is InChI=1S/C62H111N19O15/c1-36(2)50(79-59(94)48-22-16-32-81(48)61(96)41(66)33-39-23-25-40(83)26-24-39)60(95)77-45(19-9-13-29-65)55(90)75-43(18-8-12-28-64)54(89)74-42(17-7-11-27-63)53(88)72-38(4)52(87)73-46(21-15-30-69-62(67)68)56(91)76-44(20-10-14-31-80(5)6)57(92)78-47(35-82)58(93)71-37(3)51(86)70-34-49(84)85/h23-26,36-38,41-48,50,62,69,82-83H,7-22,27-35,63-68H2,1-6H3,(H,70,86)(H,71,93)(H,72,88)(H,73,87)(H,74,89)(H,75,90)(H,76,91)(H,77,95)(H,78,92)(H,79,94)(H,84,85)/t37-,38-,41-,42-,43-,44-,45-,46-,47-,48-,50-/m0/s1. The molecule has 26 N–H and O–H groups in total. The minimum absolute atomic E-state index is 0.0187. The van der Waals surface area contributed by atoms with E-state index in [1.54, 1.807) is 26.0 Å². The van der Waals surface area contributed by atoms with Crippen molar-refractivity contribution in [1.29, 1.82) is 0 Å². The number of unbranched alkanes of at least 4 members (excludes halogenated alkanes) is 4. The van der Waals surface area contributed by atoms with Gasteiger partial charge in [0.25, 0.3) is 0 Å². The van der Waals surface area contributed by atoms with E-state index in [0.717, 1.165) is 0 Å². The number of likely N-dealkylation sites (tertiary alicyclic amines) is 1. The highest BCUT2D eigenvalue weighted by Gasteiger charge is 2.40. The van der Waals surface area contributed by atoms with Crippen LogP contribution in [-0.4, -0.2) is 235 Å². The van der Waals surface area contributed by atoms with Gasteiger partial charge in [-0.2, -0.15) is 0 Å². The van der Waals surface area contributed by atoms with Crippen LogP contribution in [0.4, 0.5) is 0 Å². The number of aliphatic hydroxyl groups excluding tert-OH is 1. The maximum Gasteiger partial charge on any atom is 0.322 e. The second-order valence-electron chi connectivity index (χ2n) is 24.8. The van der Waals surface area contributed by atoms with Gasteiger partial charge in [-0.3, -0.25) is 62.9 Å². The minimum Gasteiger partial charge on any atom is -0.508 e. The van der Waals surface area contributed by atoms with Crippen molar-refractivity contribution in [3.63, 3.8) is 0 Å². The summed E-state index contributed by atoms with van der Waals surface area (Å²) in [6.07, 6.45) is 3.62. The van der Waals surface area contributed by atoms with E-state index in [2.05, 4.69) is 58.5 Å². The number of aliphatic carboxylic acids is 1. The van der Waals surface area contributed by atoms with E-state index in [9.17, 15) is 67.7 Å². The van der Waals surface area contributed by atoms with Crippen LogP contribution in [0.5, 0.6) is 5.75 Å². The Bertz CT molecular complexity index is 2640. The van der Waals surface area contributed by atoms with Crippen LogP contribution >= 0.6 is 0 Å². The van der Waals surface area contributed by atoms with Gasteiger partial charge in [0.1, 0.15) is 79.0 Å². The first-order valence-corrected chi connectivity index (χ1v) is 33.2. The van der Waals surface area contributed by atoms with Gasteiger partial charge >= 0.3 is 5.97 Å². The number of phenols is 1. The summed E-state index contributed by atoms with van der Waals surface area (Å²) in [4.78, 5) is 167. The van der Waals surface area contributed by atoms with Crippen molar-refractivity contribution < 1.29 is 72.9 Å². The smallest absolute Gasteiger partial charge is 0.322 e. The summed E-state index contributed by atoms with van der Waals surface area (Å²) in [5.41, 5.74) is 35.9. The van der Waals surface area contributed by atoms with E-state index in [1.807, 2.05) is 19.0 Å². The third kappa shape index (κ3) is 31.9. The van der Waals surface area contributed by atoms with E-state index >= 15 is 0 Å². The van der Waals surface area contributed by atoms with Crippen LogP contribution in [0.3, 0.4) is 0 Å². The number of carboxylic acids is 1. The Hall–Kier alpha value is -7.70. The second-order valence-corrected chi connectivity index (χ2v) is 24.8. The van der Waals surface area contributed by atoms with Gasteiger partial charge in [-0.15, -0.1) is 0 Å². The molecule has 0 spiro atoms. The molecule has 34 heteroatoms. The minimum atomic E-state index is -1.63. The van der Waals surface area contributed by atoms with Gasteiger partial charge in [0.2, 0.25) is 65.0 Å². The summed E-state index contributed by atoms with van der Waals surface area (Å²) < 4.78 is 0. The normalized spacial score (nSPS) is 16.1. The molecule has 2 rings (SSSR count). The Morgan fingerprint density at radius 2 is 0.958 bits per heavy atom. The lowest BCUT2D eigenvalue weighted by Gasteiger charge is -2.30. The van der Waals surface area contributed by atoms with Crippen LogP contribution in [0.1, 0.15) is 136 Å². The largest absolute Gasteiger partial charge is 0.508 e. The molecule has 1 fully saturated rings. The summed E-state index contributed by atoms with van der Waals surface area (Å²) in [7, 11) is 3.68. The van der Waals surface area contributed by atoms with Gasteiger partial charge in [-0.1, -0.05) is 26.0 Å². The highest BCUT2D eigenvalue weighted by molar-refractivity contribution is 5.99. The van der Waals surface area contributed by atoms with Crippen molar-refractivity contribution in [2.24, 2.45) is 40.3 Å². The average Bonchev–Trinajstić information content (AvgIpc) is 1.62. The van der Waals surface area contributed by atoms with Gasteiger partial charge in [0, 0.05) is 6.54 Å². The van der Waals surface area contributed by atoms with Gasteiger partial charge in [-0.05, 0) is 193 Å². The van der Waals surface area contributed by atoms with Crippen molar-refractivity contribution in [3.8, 4) is 5.75 Å². The van der Waals surface area contributed by atoms with Gasteiger partial charge < -0.3 is 113 Å². The third-order valence-corrected chi connectivity index (χ3v) is 15.9. The molecule has 0 radical (unpaired) electrons. The van der Waals surface area contributed by atoms with Crippen molar-refractivity contribution in [1.82, 2.24) is 68.3 Å². The zero-order valence-electron chi connectivity index (χ0n) is 56.6. The predicted octanol–water partition coefficient (Wildman–Crippen LogP) is -5.81. The number of nitrogens with two attached hydrogens (primary N) is 6. The van der Waals surface area contributed by atoms with Gasteiger partial charge in [0.05, 0.1) is 12.6 Å². The predicted molar refractivity (Wildman–Crippen MR) is 356 cm³/mol. The number of rotatable bonds is 48. The van der Waals surface area contributed by atoms with E-state index in [4.69, 9.17) is 39.5 Å². The van der Waals surface area contributed by atoms with Gasteiger partial charge in [0.15, 0.2) is 0 Å². The molecule has 1 aliphatic heterocycles. The summed E-state index contributed by atoms with van der Waals surface area (Å²) in [5.74, 6) is -10.4. The number of hydrogen-bond acceptors (Lipinski definition) is 22. The Balaban J connectivity index is 2.39. The summed E-state index contributed by atoms with van der Waals surface area (Å²) in [6, 6.07) is -7.75. The van der Waals surface area contributed by atoms with Crippen LogP contribution in [0, 0.1) is 5.92 Å². The molecule has 1 aliphatic rings. The van der Waals surface area contributed by atoms with Crippen molar-refractivity contribution in [3.05, 3.63) is 29.8 Å². The zero-order valence-corrected chi connectivity index (χ0v) is 56.6. The number of phenolic OH excluding ortho intramolecular Hbond substituents is 1. The molecule has 0 aromatic heterocycles. The molecule has 1 aromatic carbocycles. The number of aromatic hydroxyl groups is 1. The molecular formula is C62H111N19O15. The lowest BCUT2D eigenvalue weighted by atomic mass is 10.0. The molecule has 11 amide bonds. The first-order valence-electron chi connectivity index (χ1n) is 33.2. The van der Waals surface area contributed by atoms with Crippen molar-refractivity contribution >= 4 is 70.9 Å². The quantitative estimate of drug-likeness (QED) is 0.0213. The Kier molecular flexibility index (Phi) is 40.2. The summed E-state index contributed by atoms with van der Waals surface area (Å²) in [6.45, 7) is 6.09. The molecule has 0 bridgehead atoms. The lowest BCUT2D eigenvalue weighted by Crippen LogP contribution is -2.61. The first-order chi connectivity index (χ1) is 45.5. The van der Waals surface area contributed by atoms with E-state index in [0.29, 0.717) is 76.3 Å². The molecule has 1 aromatic rings. The number of carbonyl (C=O) groups excluding carboxylic acids is 11. The number of carbonyl (C=O) groups is 12. The monoisotopic (exact) mass is 1360 g/mol. The first kappa shape index (κ1) is 84.4. The fraction of sp³-hybridized carbons (Fsp3) is 0.710. The second kappa shape index (κ2) is 45.7. The van der Waals surface area contributed by atoms with Crippen LogP contribution < -0.4 is 92.9 Å². The molecule has 1 heterocycles. The maximum absolute atomic E-state index is 14.5. The molecule has 544 valence electrons. The van der Waals surface area contributed by atoms with Crippen molar-refractivity contribution in [2.45, 2.75) is 210 Å². The van der Waals surface area contributed by atoms with Crippen LogP contribution in [0.2, 0.25) is 0 Å². The van der Waals surface area contributed by atoms with Gasteiger partial charge in [-0.25, -0.2) is 0 Å². The Morgan fingerprint density at radius 1 is 0.542 bits per heavy atom. The lowest BCUT2D eigenvalue weighted by molar-refractivity contribution is -0.141. The van der Waals surface area contributed by atoms with E-state index in [1.165, 1.54) is 30.9 Å². The number of benzene rings is 1. The van der Waals surface area contributed by atoms with Crippen LogP contribution in [0.25, 0.3) is 0 Å². The number of nitrogens with one attached hydrogen (secondary N) is 11. The highest BCUT2D eigenvalue weighted by Crippen LogP contribution is 2.21. The average molecular weight is 1360 g/mol. The highest BCUT2D eigenvalue weighted by atomic mass is 16.4. The molecule has 0 unspecified atom stereocenters. The fourth-order valence-corrected chi connectivity index (χ4v) is 10.4. The zero-order chi connectivity index (χ0) is 72.0. The van der Waals surface area contributed by atoms with E-state index in [-0.39, 0.29) is 83.4 Å². The van der Waals surface area contributed by atoms with Crippen LogP contribution in [-0.2, 0) is 64.0 Å². The SMILES string of the molecule is CC(C)[C@H](NC(=O)[C@@H]1CCCN1C(=O)[C@@H](N)Cc1ccc(O)cc1)C(=O)N[C@@H](CCCCN)C(=O)N[C@@H](CCCCN)C(=O)N[C@@H](CCCCN)C(=O)N[C@@H](C)C(=O)N[C@@H](CCCNC(N)N)C(=O)N[C@@H](CCCCN(C)C)C(=O)N[C@@H](CO)C(=O)N[C@@H](C)C(=O)NCC(=O)O. The topological polar surface area (TPSA) is 560 Å². The fourth-order valence-electron chi connectivity index (χ4n) is 10.4. The summed E-state index contributed by atoms with van der Waals surface area (Å²) in [5, 5.41) is 57.3. The molecule has 0 saturated carbocycles. The van der Waals surface area contributed by atoms with Crippen LogP contribution in [0.15, 0.2) is 24.3 Å². The Morgan fingerprint density at radius 3 is 1.40 bits per heavy atom. The molecule has 11 atom stereocenters. The molecule has 0 aliphatic carbocycles. The van der Waals surface area contributed by atoms with E-state index < -0.39 is 163 Å². The molecule has 1 saturated heterocycles. The molecule has 34 nitrogen and oxygen atoms in total. The number of aliphatic hydroxyl groups is 1. The number of nitrogens with zero attached hydrogens (tertiary/aromatic N) is 2. The maximum atomic E-state index is 14.5.